The van der Waals surface area contributed by atoms with E-state index in [-0.39, 0.29) is 0 Å². The molecule has 0 aromatic heterocycles. The molecule has 0 unspecified atom stereocenters. The van der Waals surface area contributed by atoms with Gasteiger partial charge >= 0.3 is 0 Å². The molecule has 5 heteroatoms. The molecule has 0 saturated carbocycles. The maximum atomic E-state index is 4.32. The van der Waals surface area contributed by atoms with Gasteiger partial charge in [0.2, 0.25) is 11.9 Å². The zero-order chi connectivity index (χ0) is 9.38. The fraction of sp³-hybridized carbons (Fsp3) is 0. The molecule has 68 valence electrons. The van der Waals surface area contributed by atoms with Gasteiger partial charge in [-0.3, -0.25) is 5.32 Å². The van der Waals surface area contributed by atoms with E-state index in [0.717, 1.165) is 11.4 Å². The van der Waals surface area contributed by atoms with Crippen molar-refractivity contribution in [1.82, 2.24) is 5.32 Å². The quantitative estimate of drug-likeness (QED) is 0.635. The Labute approximate surface area is 80.3 Å². The van der Waals surface area contributed by atoms with Crippen LogP contribution in [0.25, 0.3) is 0 Å². The van der Waals surface area contributed by atoms with Crippen molar-refractivity contribution < 1.29 is 0 Å². The second kappa shape index (κ2) is 2.66. The van der Waals surface area contributed by atoms with Crippen LogP contribution >= 0.6 is 0 Å². The maximum Gasteiger partial charge on any atom is 0.231 e. The van der Waals surface area contributed by atoms with Gasteiger partial charge in [0.1, 0.15) is 6.34 Å². The average Bonchev–Trinajstić information content (AvgIpc) is 2.33. The Morgan fingerprint density at radius 1 is 1.07 bits per heavy atom. The monoisotopic (exact) mass is 185 g/mol. The van der Waals surface area contributed by atoms with E-state index in [0.29, 0.717) is 11.9 Å². The molecule has 2 heterocycles. The molecule has 0 spiro atoms. The lowest BCUT2D eigenvalue weighted by atomic mass is 10.3. The molecule has 0 radical (unpaired) electrons. The lowest BCUT2D eigenvalue weighted by Crippen LogP contribution is -2.35. The Bertz CT molecular complexity index is 472. The highest BCUT2D eigenvalue weighted by Crippen LogP contribution is 2.25. The van der Waals surface area contributed by atoms with Crippen molar-refractivity contribution in [3.63, 3.8) is 0 Å². The van der Waals surface area contributed by atoms with Crippen LogP contribution in [0.4, 0.5) is 11.4 Å². The molecule has 5 nitrogen and oxygen atoms in total. The van der Waals surface area contributed by atoms with Crippen LogP contribution in [-0.4, -0.2) is 18.3 Å². The van der Waals surface area contributed by atoms with E-state index >= 15 is 0 Å². The minimum atomic E-state index is 0.562. The van der Waals surface area contributed by atoms with Gasteiger partial charge in [-0.25, -0.2) is 15.0 Å². The summed E-state index contributed by atoms with van der Waals surface area (Å²) >= 11 is 0. The SMILES string of the molecule is C1=NC2=Nc3ccccc3NC(=N1)N2. The summed E-state index contributed by atoms with van der Waals surface area (Å²) in [4.78, 5) is 12.3. The molecular formula is C9H7N5. The second-order valence-electron chi connectivity index (χ2n) is 2.92. The third-order valence-corrected chi connectivity index (χ3v) is 1.98. The highest BCUT2D eigenvalue weighted by molar-refractivity contribution is 6.15. The van der Waals surface area contributed by atoms with Gasteiger partial charge in [0.05, 0.1) is 11.4 Å². The summed E-state index contributed by atoms with van der Waals surface area (Å²) in [5, 5.41) is 6.08. The maximum absolute atomic E-state index is 4.32. The van der Waals surface area contributed by atoms with E-state index in [9.17, 15) is 0 Å². The third-order valence-electron chi connectivity index (χ3n) is 1.98. The number of nitrogens with zero attached hydrogens (tertiary/aromatic N) is 3. The Kier molecular flexibility index (Phi) is 1.38. The predicted octanol–water partition coefficient (Wildman–Crippen LogP) is 1.09. The molecule has 3 rings (SSSR count). The van der Waals surface area contributed by atoms with Crippen LogP contribution in [-0.2, 0) is 0 Å². The van der Waals surface area contributed by atoms with Crippen molar-refractivity contribution in [1.29, 1.82) is 0 Å². The number of para-hydroxylation sites is 2. The molecular weight excluding hydrogens is 178 g/mol. The minimum Gasteiger partial charge on any atom is -0.324 e. The van der Waals surface area contributed by atoms with E-state index in [1.54, 1.807) is 0 Å². The molecule has 2 N–H and O–H groups in total. The average molecular weight is 185 g/mol. The van der Waals surface area contributed by atoms with Crippen molar-refractivity contribution in [2.45, 2.75) is 0 Å². The molecule has 1 aromatic rings. The lowest BCUT2D eigenvalue weighted by Gasteiger charge is -2.09. The Morgan fingerprint density at radius 3 is 3.00 bits per heavy atom. The number of aliphatic imine (C=N–C) groups is 3. The molecule has 0 atom stereocenters. The Hall–Kier alpha value is -2.17. The van der Waals surface area contributed by atoms with Crippen LogP contribution < -0.4 is 10.6 Å². The van der Waals surface area contributed by atoms with Crippen molar-refractivity contribution in [2.24, 2.45) is 15.0 Å². The third kappa shape index (κ3) is 1.06. The molecule has 14 heavy (non-hydrogen) atoms. The van der Waals surface area contributed by atoms with E-state index in [4.69, 9.17) is 0 Å². The molecule has 0 saturated heterocycles. The summed E-state index contributed by atoms with van der Waals surface area (Å²) in [5.41, 5.74) is 1.79. The number of fused-ring (bicyclic) bond motifs is 3. The smallest absolute Gasteiger partial charge is 0.231 e. The van der Waals surface area contributed by atoms with Crippen molar-refractivity contribution >= 4 is 29.6 Å². The van der Waals surface area contributed by atoms with Crippen LogP contribution in [0, 0.1) is 0 Å². The van der Waals surface area contributed by atoms with Gasteiger partial charge in [0.15, 0.2) is 0 Å². The molecule has 0 amide bonds. The van der Waals surface area contributed by atoms with Gasteiger partial charge in [0, 0.05) is 0 Å². The van der Waals surface area contributed by atoms with Crippen molar-refractivity contribution in [3.05, 3.63) is 24.3 Å². The zero-order valence-corrected chi connectivity index (χ0v) is 7.23. The minimum absolute atomic E-state index is 0.562. The predicted molar refractivity (Wildman–Crippen MR) is 56.2 cm³/mol. The van der Waals surface area contributed by atoms with Crippen LogP contribution in [0.2, 0.25) is 0 Å². The first-order valence-electron chi connectivity index (χ1n) is 4.24. The van der Waals surface area contributed by atoms with Crippen LogP contribution in [0.15, 0.2) is 39.2 Å². The van der Waals surface area contributed by atoms with Gasteiger partial charge in [-0.1, -0.05) is 12.1 Å². The number of anilines is 1. The zero-order valence-electron chi connectivity index (χ0n) is 7.23. The summed E-state index contributed by atoms with van der Waals surface area (Å²) in [6, 6.07) is 7.76. The first-order valence-corrected chi connectivity index (χ1v) is 4.24. The van der Waals surface area contributed by atoms with Crippen molar-refractivity contribution in [2.75, 3.05) is 5.32 Å². The number of rotatable bonds is 0. The van der Waals surface area contributed by atoms with Gasteiger partial charge in [0.25, 0.3) is 0 Å². The number of benzene rings is 1. The first-order chi connectivity index (χ1) is 6.92. The number of hydrogen-bond donors (Lipinski definition) is 2. The van der Waals surface area contributed by atoms with Crippen molar-refractivity contribution in [3.8, 4) is 0 Å². The number of guanidine groups is 2. The highest BCUT2D eigenvalue weighted by Gasteiger charge is 2.13. The molecule has 0 fully saturated rings. The fourth-order valence-corrected chi connectivity index (χ4v) is 1.35. The van der Waals surface area contributed by atoms with E-state index in [1.807, 2.05) is 24.3 Å². The van der Waals surface area contributed by atoms with Crippen LogP contribution in [0.5, 0.6) is 0 Å². The van der Waals surface area contributed by atoms with E-state index < -0.39 is 0 Å². The van der Waals surface area contributed by atoms with Gasteiger partial charge in [-0.2, -0.15) is 0 Å². The summed E-state index contributed by atoms with van der Waals surface area (Å²) in [5.74, 6) is 1.22. The molecule has 2 aliphatic heterocycles. The van der Waals surface area contributed by atoms with E-state index in [1.165, 1.54) is 6.34 Å². The summed E-state index contributed by atoms with van der Waals surface area (Å²) in [6.45, 7) is 0. The molecule has 0 aliphatic carbocycles. The molecule has 1 aromatic carbocycles. The standard InChI is InChI=1S/C9H7N5/c1-2-4-7-6(3-1)12-8-10-5-11-9(13-7)14-8/h1-5H,(H2,10,11,12,13,14). The largest absolute Gasteiger partial charge is 0.324 e. The summed E-state index contributed by atoms with van der Waals surface area (Å²) in [6.07, 6.45) is 1.48. The second-order valence-corrected chi connectivity index (χ2v) is 2.92. The normalized spacial score (nSPS) is 16.9. The van der Waals surface area contributed by atoms with E-state index in [2.05, 4.69) is 25.6 Å². The van der Waals surface area contributed by atoms with Gasteiger partial charge in [-0.15, -0.1) is 0 Å². The van der Waals surface area contributed by atoms with Gasteiger partial charge in [-0.05, 0) is 12.1 Å². The number of nitrogens with one attached hydrogen (secondary N) is 2. The van der Waals surface area contributed by atoms with Crippen LogP contribution in [0.3, 0.4) is 0 Å². The first kappa shape index (κ1) is 7.25. The van der Waals surface area contributed by atoms with Crippen LogP contribution in [0.1, 0.15) is 0 Å². The summed E-state index contributed by atoms with van der Waals surface area (Å²) in [7, 11) is 0. The number of hydrogen-bond acceptors (Lipinski definition) is 5. The Morgan fingerprint density at radius 2 is 2.00 bits per heavy atom. The molecule has 2 aliphatic rings. The molecule has 2 bridgehead atoms. The topological polar surface area (TPSA) is 61.1 Å². The lowest BCUT2D eigenvalue weighted by molar-refractivity contribution is 1.25. The van der Waals surface area contributed by atoms with Gasteiger partial charge < -0.3 is 5.32 Å². The highest BCUT2D eigenvalue weighted by atomic mass is 15.3. The Balaban J connectivity index is 2.20. The fourth-order valence-electron chi connectivity index (χ4n) is 1.35. The summed E-state index contributed by atoms with van der Waals surface area (Å²) < 4.78 is 0.